The normalized spacial score (nSPS) is 11.8. The number of benzene rings is 7. The largest absolute Gasteiger partial charge is 0.456 e. The van der Waals surface area contributed by atoms with E-state index in [1.807, 2.05) is 47.7 Å². The van der Waals surface area contributed by atoms with Crippen molar-refractivity contribution in [3.05, 3.63) is 158 Å². The molecule has 48 heavy (non-hydrogen) atoms. The van der Waals surface area contributed by atoms with Crippen molar-refractivity contribution in [2.45, 2.75) is 0 Å². The Labute approximate surface area is 279 Å². The van der Waals surface area contributed by atoms with Gasteiger partial charge in [0.1, 0.15) is 16.7 Å². The number of rotatable bonds is 5. The van der Waals surface area contributed by atoms with E-state index in [1.165, 1.54) is 20.2 Å². The fraction of sp³-hybridized carbons (Fsp3) is 0. The second kappa shape index (κ2) is 10.7. The quantitative estimate of drug-likeness (QED) is 0.189. The average molecular weight is 635 g/mol. The number of anilines is 3. The van der Waals surface area contributed by atoms with E-state index in [2.05, 4.69) is 126 Å². The summed E-state index contributed by atoms with van der Waals surface area (Å²) in [5, 5.41) is 4.69. The van der Waals surface area contributed by atoms with Crippen LogP contribution in [0.1, 0.15) is 0 Å². The number of para-hydroxylation sites is 1. The third-order valence-electron chi connectivity index (χ3n) is 9.09. The zero-order valence-corrected chi connectivity index (χ0v) is 26.4. The van der Waals surface area contributed by atoms with E-state index >= 15 is 0 Å². The van der Waals surface area contributed by atoms with Gasteiger partial charge in [0.15, 0.2) is 5.58 Å². The van der Waals surface area contributed by atoms with Crippen molar-refractivity contribution in [1.82, 2.24) is 4.98 Å². The molecule has 0 unspecified atom stereocenters. The van der Waals surface area contributed by atoms with Crippen LogP contribution >= 0.6 is 11.3 Å². The van der Waals surface area contributed by atoms with Gasteiger partial charge in [-0.25, -0.2) is 4.98 Å². The molecule has 0 saturated heterocycles. The summed E-state index contributed by atoms with van der Waals surface area (Å²) in [5.41, 5.74) is 9.72. The predicted molar refractivity (Wildman–Crippen MR) is 200 cm³/mol. The van der Waals surface area contributed by atoms with Crippen LogP contribution < -0.4 is 4.90 Å². The van der Waals surface area contributed by atoms with Gasteiger partial charge < -0.3 is 13.7 Å². The lowest BCUT2D eigenvalue weighted by atomic mass is 10.0. The fourth-order valence-corrected chi connectivity index (χ4v) is 7.90. The van der Waals surface area contributed by atoms with Gasteiger partial charge in [0.25, 0.3) is 0 Å². The zero-order valence-electron chi connectivity index (χ0n) is 25.6. The molecule has 226 valence electrons. The minimum absolute atomic E-state index is 0.608. The molecule has 0 bridgehead atoms. The number of hydrogen-bond acceptors (Lipinski definition) is 5. The van der Waals surface area contributed by atoms with E-state index < -0.39 is 0 Å². The summed E-state index contributed by atoms with van der Waals surface area (Å²) in [4.78, 5) is 7.12. The summed E-state index contributed by atoms with van der Waals surface area (Å²) in [6, 6.07) is 55.2. The molecule has 3 aromatic heterocycles. The molecule has 0 radical (unpaired) electrons. The molecule has 7 aromatic carbocycles. The highest BCUT2D eigenvalue weighted by Crippen LogP contribution is 2.41. The van der Waals surface area contributed by atoms with Gasteiger partial charge in [-0.15, -0.1) is 11.3 Å². The molecular formula is C43H26N2O2S. The molecule has 0 aliphatic heterocycles. The van der Waals surface area contributed by atoms with Gasteiger partial charge in [-0.2, -0.15) is 0 Å². The number of aromatic nitrogens is 1. The van der Waals surface area contributed by atoms with Crippen molar-refractivity contribution in [2.75, 3.05) is 4.90 Å². The van der Waals surface area contributed by atoms with Crippen LogP contribution in [0, 0.1) is 0 Å². The summed E-state index contributed by atoms with van der Waals surface area (Å²) >= 11 is 1.84. The van der Waals surface area contributed by atoms with E-state index in [0.29, 0.717) is 11.5 Å². The lowest BCUT2D eigenvalue weighted by molar-refractivity contribution is 0.617. The van der Waals surface area contributed by atoms with Crippen LogP contribution in [0.25, 0.3) is 75.8 Å². The first kappa shape index (κ1) is 27.0. The van der Waals surface area contributed by atoms with Gasteiger partial charge in [0.05, 0.1) is 0 Å². The maximum atomic E-state index is 6.27. The molecule has 0 aliphatic rings. The fourth-order valence-electron chi connectivity index (χ4n) is 6.76. The molecule has 0 atom stereocenters. The highest BCUT2D eigenvalue weighted by molar-refractivity contribution is 7.25. The van der Waals surface area contributed by atoms with Crippen molar-refractivity contribution in [3.8, 4) is 22.6 Å². The molecule has 10 aromatic rings. The number of thiophene rings is 1. The molecule has 0 fully saturated rings. The van der Waals surface area contributed by atoms with Crippen LogP contribution in [0.4, 0.5) is 17.1 Å². The summed E-state index contributed by atoms with van der Waals surface area (Å²) in [7, 11) is 0. The number of furan rings is 1. The van der Waals surface area contributed by atoms with E-state index in [4.69, 9.17) is 13.8 Å². The standard InChI is InChI=1S/C43H26N2O2S/c1-3-9-28(10-4-1)43-44-37-25-36-35-23-29(17-22-38(35)46-39(36)26-40(37)47-43)27-15-18-31(19-16-27)45(30-11-5-2-6-12-30)32-20-21-34-33-13-7-8-14-41(33)48-42(34)24-32/h1-26H. The Bertz CT molecular complexity index is 2780. The van der Waals surface area contributed by atoms with Crippen LogP contribution in [-0.2, 0) is 0 Å². The SMILES string of the molecule is c1ccc(-c2nc3cc4c(cc3o2)oc2ccc(-c3ccc(N(c5ccccc5)c5ccc6c(c5)sc5ccccc56)cc3)cc24)cc1. The monoisotopic (exact) mass is 634 g/mol. The number of oxazole rings is 1. The summed E-state index contributed by atoms with van der Waals surface area (Å²) in [6.45, 7) is 0. The minimum Gasteiger partial charge on any atom is -0.456 e. The summed E-state index contributed by atoms with van der Waals surface area (Å²) in [6.07, 6.45) is 0. The highest BCUT2D eigenvalue weighted by Gasteiger charge is 2.17. The molecule has 0 spiro atoms. The Morgan fingerprint density at radius 2 is 1.10 bits per heavy atom. The second-order valence-corrected chi connectivity index (χ2v) is 13.1. The highest BCUT2D eigenvalue weighted by atomic mass is 32.1. The van der Waals surface area contributed by atoms with Crippen molar-refractivity contribution in [2.24, 2.45) is 0 Å². The lowest BCUT2D eigenvalue weighted by Gasteiger charge is -2.25. The smallest absolute Gasteiger partial charge is 0.227 e. The Kier molecular flexibility index (Phi) is 6.01. The van der Waals surface area contributed by atoms with Gasteiger partial charge in [-0.1, -0.05) is 78.9 Å². The van der Waals surface area contributed by atoms with E-state index in [-0.39, 0.29) is 0 Å². The van der Waals surface area contributed by atoms with E-state index in [9.17, 15) is 0 Å². The third-order valence-corrected chi connectivity index (χ3v) is 10.2. The van der Waals surface area contributed by atoms with Gasteiger partial charge in [0, 0.05) is 59.6 Å². The summed E-state index contributed by atoms with van der Waals surface area (Å²) in [5.74, 6) is 0.608. The van der Waals surface area contributed by atoms with Crippen LogP contribution in [0.5, 0.6) is 0 Å². The molecule has 0 saturated carbocycles. The van der Waals surface area contributed by atoms with Gasteiger partial charge in [0.2, 0.25) is 5.89 Å². The van der Waals surface area contributed by atoms with Crippen LogP contribution in [0.2, 0.25) is 0 Å². The maximum absolute atomic E-state index is 6.27. The third kappa shape index (κ3) is 4.40. The first-order valence-electron chi connectivity index (χ1n) is 15.9. The molecule has 4 nitrogen and oxygen atoms in total. The Morgan fingerprint density at radius 3 is 1.96 bits per heavy atom. The molecule has 5 heteroatoms. The van der Waals surface area contributed by atoms with Crippen molar-refractivity contribution in [1.29, 1.82) is 0 Å². The first-order valence-corrected chi connectivity index (χ1v) is 16.8. The topological polar surface area (TPSA) is 42.4 Å². The van der Waals surface area contributed by atoms with Crippen molar-refractivity contribution < 1.29 is 8.83 Å². The Hall–Kier alpha value is -6.17. The molecule has 10 rings (SSSR count). The Morgan fingerprint density at radius 1 is 0.417 bits per heavy atom. The van der Waals surface area contributed by atoms with Crippen molar-refractivity contribution >= 4 is 81.6 Å². The van der Waals surface area contributed by atoms with Crippen LogP contribution in [-0.4, -0.2) is 4.98 Å². The molecule has 0 aliphatic carbocycles. The van der Waals surface area contributed by atoms with Gasteiger partial charge in [-0.3, -0.25) is 0 Å². The van der Waals surface area contributed by atoms with Gasteiger partial charge >= 0.3 is 0 Å². The Balaban J connectivity index is 1.03. The molecule has 0 amide bonds. The average Bonchev–Trinajstić information content (AvgIpc) is 3.84. The number of hydrogen-bond donors (Lipinski definition) is 0. The first-order chi connectivity index (χ1) is 23.7. The van der Waals surface area contributed by atoms with Crippen LogP contribution in [0.15, 0.2) is 167 Å². The maximum Gasteiger partial charge on any atom is 0.227 e. The van der Waals surface area contributed by atoms with E-state index in [1.54, 1.807) is 0 Å². The lowest BCUT2D eigenvalue weighted by Crippen LogP contribution is -2.09. The predicted octanol–water partition coefficient (Wildman–Crippen LogP) is 12.9. The molecule has 3 heterocycles. The van der Waals surface area contributed by atoms with E-state index in [0.717, 1.165) is 61.2 Å². The second-order valence-electron chi connectivity index (χ2n) is 12.0. The number of fused-ring (bicyclic) bond motifs is 7. The minimum atomic E-state index is 0.608. The zero-order chi connectivity index (χ0) is 31.6. The van der Waals surface area contributed by atoms with Crippen molar-refractivity contribution in [3.63, 3.8) is 0 Å². The molecular weight excluding hydrogens is 609 g/mol. The van der Waals surface area contributed by atoms with Gasteiger partial charge in [-0.05, 0) is 83.9 Å². The molecule has 0 N–H and O–H groups in total. The number of nitrogens with zero attached hydrogens (tertiary/aromatic N) is 2. The summed E-state index contributed by atoms with van der Waals surface area (Å²) < 4.78 is 15.0. The van der Waals surface area contributed by atoms with Crippen LogP contribution in [0.3, 0.4) is 0 Å².